The highest BCUT2D eigenvalue weighted by atomic mass is 16.5. The Morgan fingerprint density at radius 1 is 1.33 bits per heavy atom. The summed E-state index contributed by atoms with van der Waals surface area (Å²) in [5.74, 6) is 0.787. The first-order chi connectivity index (χ1) is 11.7. The van der Waals surface area contributed by atoms with Gasteiger partial charge in [0.25, 0.3) is 5.91 Å². The van der Waals surface area contributed by atoms with Gasteiger partial charge in [-0.05, 0) is 38.4 Å². The summed E-state index contributed by atoms with van der Waals surface area (Å²) >= 11 is 0. The first-order valence-corrected chi connectivity index (χ1v) is 8.65. The Balaban J connectivity index is 1.56. The molecular weight excluding hydrogens is 306 g/mol. The van der Waals surface area contributed by atoms with Gasteiger partial charge in [-0.25, -0.2) is 0 Å². The Kier molecular flexibility index (Phi) is 5.35. The fourth-order valence-corrected chi connectivity index (χ4v) is 3.34. The van der Waals surface area contributed by atoms with Gasteiger partial charge in [-0.1, -0.05) is 6.07 Å². The molecule has 1 aromatic carbocycles. The van der Waals surface area contributed by atoms with Crippen molar-refractivity contribution in [2.24, 2.45) is 0 Å². The normalized spacial score (nSPS) is 21.2. The number of benzene rings is 1. The van der Waals surface area contributed by atoms with Crippen LogP contribution in [0, 0.1) is 0 Å². The molecule has 0 aliphatic carbocycles. The highest BCUT2D eigenvalue weighted by molar-refractivity contribution is 5.95. The molecule has 2 saturated heterocycles. The standard InChI is InChI=1S/C18H25N3O3/c1-19-14-5-3-9-20(12-14)18(23)13-24-16-7-2-6-15(11-16)21-10-4-8-17(21)22/h2,6-7,11,14,19H,3-5,8-10,12-13H2,1H3. The minimum Gasteiger partial charge on any atom is -0.484 e. The maximum absolute atomic E-state index is 12.3. The average molecular weight is 331 g/mol. The van der Waals surface area contributed by atoms with E-state index < -0.39 is 0 Å². The van der Waals surface area contributed by atoms with Gasteiger partial charge in [0.1, 0.15) is 5.75 Å². The first-order valence-electron chi connectivity index (χ1n) is 8.65. The number of likely N-dealkylation sites (N-methyl/N-ethyl adjacent to an activating group) is 1. The Morgan fingerprint density at radius 2 is 2.21 bits per heavy atom. The smallest absolute Gasteiger partial charge is 0.260 e. The van der Waals surface area contributed by atoms with Crippen LogP contribution in [0.5, 0.6) is 5.75 Å². The van der Waals surface area contributed by atoms with Gasteiger partial charge in [0.2, 0.25) is 5.91 Å². The Bertz CT molecular complexity index is 605. The van der Waals surface area contributed by atoms with Gasteiger partial charge in [0.05, 0.1) is 0 Å². The van der Waals surface area contributed by atoms with Crippen molar-refractivity contribution >= 4 is 17.5 Å². The predicted octanol–water partition coefficient (Wildman–Crippen LogP) is 1.40. The van der Waals surface area contributed by atoms with Crippen molar-refractivity contribution in [2.45, 2.75) is 31.7 Å². The van der Waals surface area contributed by atoms with Crippen LogP contribution in [0.1, 0.15) is 25.7 Å². The fourth-order valence-electron chi connectivity index (χ4n) is 3.34. The second-order valence-corrected chi connectivity index (χ2v) is 6.40. The molecule has 6 heteroatoms. The SMILES string of the molecule is CNC1CCCN(C(=O)COc2cccc(N3CCCC3=O)c2)C1. The predicted molar refractivity (Wildman–Crippen MR) is 92.2 cm³/mol. The number of rotatable bonds is 5. The van der Waals surface area contributed by atoms with E-state index in [2.05, 4.69) is 5.32 Å². The van der Waals surface area contributed by atoms with E-state index in [4.69, 9.17) is 4.74 Å². The third-order valence-corrected chi connectivity index (χ3v) is 4.75. The summed E-state index contributed by atoms with van der Waals surface area (Å²) in [4.78, 5) is 27.8. The van der Waals surface area contributed by atoms with Gasteiger partial charge in [-0.15, -0.1) is 0 Å². The van der Waals surface area contributed by atoms with Crippen LogP contribution in [0.2, 0.25) is 0 Å². The van der Waals surface area contributed by atoms with E-state index in [9.17, 15) is 9.59 Å². The number of nitrogens with one attached hydrogen (secondary N) is 1. The molecule has 1 unspecified atom stereocenters. The van der Waals surface area contributed by atoms with Crippen LogP contribution < -0.4 is 15.0 Å². The number of carbonyl (C=O) groups is 2. The zero-order chi connectivity index (χ0) is 16.9. The van der Waals surface area contributed by atoms with Crippen molar-refractivity contribution in [3.05, 3.63) is 24.3 Å². The zero-order valence-corrected chi connectivity index (χ0v) is 14.2. The number of hydrogen-bond acceptors (Lipinski definition) is 4. The number of hydrogen-bond donors (Lipinski definition) is 1. The lowest BCUT2D eigenvalue weighted by molar-refractivity contribution is -0.134. The van der Waals surface area contributed by atoms with Crippen molar-refractivity contribution in [3.8, 4) is 5.75 Å². The van der Waals surface area contributed by atoms with Crippen molar-refractivity contribution in [3.63, 3.8) is 0 Å². The topological polar surface area (TPSA) is 61.9 Å². The van der Waals surface area contributed by atoms with Gasteiger partial charge >= 0.3 is 0 Å². The third kappa shape index (κ3) is 3.87. The third-order valence-electron chi connectivity index (χ3n) is 4.75. The summed E-state index contributed by atoms with van der Waals surface area (Å²) in [5, 5.41) is 3.23. The molecule has 1 aromatic rings. The second-order valence-electron chi connectivity index (χ2n) is 6.40. The summed E-state index contributed by atoms with van der Waals surface area (Å²) in [6, 6.07) is 7.79. The van der Waals surface area contributed by atoms with E-state index in [-0.39, 0.29) is 18.4 Å². The Morgan fingerprint density at radius 3 is 2.96 bits per heavy atom. The van der Waals surface area contributed by atoms with Crippen LogP contribution in [-0.2, 0) is 9.59 Å². The zero-order valence-electron chi connectivity index (χ0n) is 14.2. The molecule has 0 radical (unpaired) electrons. The number of ether oxygens (including phenoxy) is 1. The minimum absolute atomic E-state index is 0.0117. The quantitative estimate of drug-likeness (QED) is 0.886. The summed E-state index contributed by atoms with van der Waals surface area (Å²) < 4.78 is 5.68. The maximum atomic E-state index is 12.3. The lowest BCUT2D eigenvalue weighted by atomic mass is 10.1. The van der Waals surface area contributed by atoms with E-state index in [1.54, 1.807) is 4.90 Å². The molecule has 0 aromatic heterocycles. The van der Waals surface area contributed by atoms with Crippen LogP contribution in [0.25, 0.3) is 0 Å². The molecule has 2 aliphatic rings. The molecule has 2 heterocycles. The Labute approximate surface area is 142 Å². The average Bonchev–Trinajstić information content (AvgIpc) is 3.06. The van der Waals surface area contributed by atoms with Gasteiger partial charge in [0.15, 0.2) is 6.61 Å². The van der Waals surface area contributed by atoms with Gasteiger partial charge in [0, 0.05) is 43.9 Å². The summed E-state index contributed by atoms with van der Waals surface area (Å²) in [5.41, 5.74) is 0.843. The largest absolute Gasteiger partial charge is 0.484 e. The van der Waals surface area contributed by atoms with Gasteiger partial charge in [-0.2, -0.15) is 0 Å². The molecule has 0 spiro atoms. The summed E-state index contributed by atoms with van der Waals surface area (Å²) in [6.45, 7) is 2.32. The molecule has 3 rings (SSSR count). The summed E-state index contributed by atoms with van der Waals surface area (Å²) in [6.07, 6.45) is 3.62. The lowest BCUT2D eigenvalue weighted by Crippen LogP contribution is -2.48. The maximum Gasteiger partial charge on any atom is 0.260 e. The molecule has 0 bridgehead atoms. The number of likely N-dealkylation sites (tertiary alicyclic amines) is 1. The van der Waals surface area contributed by atoms with Crippen molar-refractivity contribution < 1.29 is 14.3 Å². The first kappa shape index (κ1) is 16.8. The molecule has 6 nitrogen and oxygen atoms in total. The van der Waals surface area contributed by atoms with E-state index in [1.807, 2.05) is 36.2 Å². The molecule has 2 fully saturated rings. The summed E-state index contributed by atoms with van der Waals surface area (Å²) in [7, 11) is 1.93. The fraction of sp³-hybridized carbons (Fsp3) is 0.556. The number of piperidine rings is 1. The highest BCUT2D eigenvalue weighted by Crippen LogP contribution is 2.25. The van der Waals surface area contributed by atoms with Crippen LogP contribution in [-0.4, -0.2) is 56.0 Å². The molecule has 24 heavy (non-hydrogen) atoms. The number of amides is 2. The van der Waals surface area contributed by atoms with Crippen molar-refractivity contribution in [1.29, 1.82) is 0 Å². The van der Waals surface area contributed by atoms with E-state index in [0.717, 1.165) is 44.6 Å². The number of nitrogens with zero attached hydrogens (tertiary/aromatic N) is 2. The molecular formula is C18H25N3O3. The molecule has 0 saturated carbocycles. The van der Waals surface area contributed by atoms with Crippen LogP contribution >= 0.6 is 0 Å². The van der Waals surface area contributed by atoms with Crippen LogP contribution in [0.3, 0.4) is 0 Å². The van der Waals surface area contributed by atoms with E-state index >= 15 is 0 Å². The molecule has 2 amide bonds. The van der Waals surface area contributed by atoms with Gasteiger partial charge < -0.3 is 19.9 Å². The van der Waals surface area contributed by atoms with Crippen molar-refractivity contribution in [1.82, 2.24) is 10.2 Å². The monoisotopic (exact) mass is 331 g/mol. The molecule has 130 valence electrons. The van der Waals surface area contributed by atoms with Crippen LogP contribution in [0.4, 0.5) is 5.69 Å². The second kappa shape index (κ2) is 7.66. The number of carbonyl (C=O) groups excluding carboxylic acids is 2. The van der Waals surface area contributed by atoms with E-state index in [1.165, 1.54) is 0 Å². The Hall–Kier alpha value is -2.08. The van der Waals surface area contributed by atoms with Crippen LogP contribution in [0.15, 0.2) is 24.3 Å². The lowest BCUT2D eigenvalue weighted by Gasteiger charge is -2.32. The van der Waals surface area contributed by atoms with Crippen molar-refractivity contribution in [2.75, 3.05) is 38.2 Å². The van der Waals surface area contributed by atoms with Gasteiger partial charge in [-0.3, -0.25) is 9.59 Å². The molecule has 1 atom stereocenters. The highest BCUT2D eigenvalue weighted by Gasteiger charge is 2.24. The minimum atomic E-state index is 0.0117. The number of anilines is 1. The molecule has 1 N–H and O–H groups in total. The molecule has 2 aliphatic heterocycles. The van der Waals surface area contributed by atoms with E-state index in [0.29, 0.717) is 18.2 Å².